The first-order chi connectivity index (χ1) is 16.5. The summed E-state index contributed by atoms with van der Waals surface area (Å²) in [7, 11) is -1.02. The molecule has 2 aromatic rings. The Bertz CT molecular complexity index is 1110. The van der Waals surface area contributed by atoms with Crippen LogP contribution in [0.4, 0.5) is 5.69 Å². The van der Waals surface area contributed by atoms with Crippen molar-refractivity contribution in [3.63, 3.8) is 0 Å². The van der Waals surface area contributed by atoms with Crippen LogP contribution >= 0.6 is 0 Å². The number of nitrogens with one attached hydrogen (secondary N) is 1. The van der Waals surface area contributed by atoms with Gasteiger partial charge < -0.3 is 19.7 Å². The summed E-state index contributed by atoms with van der Waals surface area (Å²) in [6, 6.07) is 13.0. The second kappa shape index (κ2) is 12.4. The Hall–Kier alpha value is -3.27. The van der Waals surface area contributed by atoms with Crippen LogP contribution in [0.25, 0.3) is 0 Å². The van der Waals surface area contributed by atoms with Crippen molar-refractivity contribution in [3.8, 4) is 11.5 Å². The molecule has 1 N–H and O–H groups in total. The normalized spacial score (nSPS) is 12.9. The molecule has 2 aromatic carbocycles. The van der Waals surface area contributed by atoms with Crippen molar-refractivity contribution in [2.75, 3.05) is 31.3 Å². The van der Waals surface area contributed by atoms with Crippen LogP contribution < -0.4 is 19.1 Å². The Morgan fingerprint density at radius 3 is 2.23 bits per heavy atom. The van der Waals surface area contributed by atoms with Crippen LogP contribution in [0.15, 0.2) is 48.5 Å². The van der Waals surface area contributed by atoms with Crippen molar-refractivity contribution in [1.82, 2.24) is 10.2 Å². The molecule has 0 saturated carbocycles. The van der Waals surface area contributed by atoms with E-state index in [1.54, 1.807) is 19.1 Å². The number of hydrogen-bond acceptors (Lipinski definition) is 6. The minimum Gasteiger partial charge on any atom is -0.497 e. The van der Waals surface area contributed by atoms with Gasteiger partial charge in [-0.3, -0.25) is 13.9 Å². The van der Waals surface area contributed by atoms with Crippen LogP contribution in [0.1, 0.15) is 32.8 Å². The maximum atomic E-state index is 13.6. The van der Waals surface area contributed by atoms with Gasteiger partial charge in [0.25, 0.3) is 0 Å². The first-order valence-corrected chi connectivity index (χ1v) is 13.2. The summed E-state index contributed by atoms with van der Waals surface area (Å²) in [4.78, 5) is 27.9. The number of benzene rings is 2. The Morgan fingerprint density at radius 1 is 1.03 bits per heavy atom. The van der Waals surface area contributed by atoms with E-state index >= 15 is 0 Å². The summed E-state index contributed by atoms with van der Waals surface area (Å²) in [6.45, 7) is 5.09. The van der Waals surface area contributed by atoms with Gasteiger partial charge in [-0.1, -0.05) is 37.3 Å². The monoisotopic (exact) mass is 505 g/mol. The van der Waals surface area contributed by atoms with Gasteiger partial charge in [0.1, 0.15) is 24.1 Å². The van der Waals surface area contributed by atoms with Gasteiger partial charge in [-0.05, 0) is 38.0 Å². The van der Waals surface area contributed by atoms with Gasteiger partial charge >= 0.3 is 0 Å². The van der Waals surface area contributed by atoms with Gasteiger partial charge in [0.05, 0.1) is 26.2 Å². The van der Waals surface area contributed by atoms with Crippen molar-refractivity contribution < 1.29 is 27.5 Å². The second-order valence-corrected chi connectivity index (χ2v) is 10.2. The van der Waals surface area contributed by atoms with E-state index in [1.807, 2.05) is 44.2 Å². The Balaban J connectivity index is 2.45. The number of sulfonamides is 1. The summed E-state index contributed by atoms with van der Waals surface area (Å²) >= 11 is 0. The quantitative estimate of drug-likeness (QED) is 0.476. The van der Waals surface area contributed by atoms with Gasteiger partial charge in [0.15, 0.2) is 0 Å². The molecule has 35 heavy (non-hydrogen) atoms. The first-order valence-electron chi connectivity index (χ1n) is 11.3. The van der Waals surface area contributed by atoms with Crippen LogP contribution in [0.3, 0.4) is 0 Å². The Morgan fingerprint density at radius 2 is 1.69 bits per heavy atom. The third kappa shape index (κ3) is 7.61. The lowest BCUT2D eigenvalue weighted by molar-refractivity contribution is -0.139. The fourth-order valence-corrected chi connectivity index (χ4v) is 4.26. The summed E-state index contributed by atoms with van der Waals surface area (Å²) in [6.07, 6.45) is 1.75. The number of hydrogen-bond donors (Lipinski definition) is 1. The highest BCUT2D eigenvalue weighted by Gasteiger charge is 2.31. The van der Waals surface area contributed by atoms with Crippen molar-refractivity contribution in [1.29, 1.82) is 0 Å². The standard InChI is InChI=1S/C25H35N3O6S/c1-7-18(2)26-25(30)19(3)27(16-20-11-9-8-10-12-20)24(29)17-28(35(6,31)32)22-15-21(33-4)13-14-23(22)34-5/h8-15,18-19H,7,16-17H2,1-6H3,(H,26,30)/t18-,19+/m1/s1. The lowest BCUT2D eigenvalue weighted by Crippen LogP contribution is -2.52. The molecule has 2 rings (SSSR count). The van der Waals surface area contributed by atoms with Gasteiger partial charge in [-0.15, -0.1) is 0 Å². The minimum atomic E-state index is -3.90. The van der Waals surface area contributed by atoms with Crippen molar-refractivity contribution in [2.45, 2.75) is 45.8 Å². The minimum absolute atomic E-state index is 0.0628. The van der Waals surface area contributed by atoms with E-state index in [0.29, 0.717) is 5.75 Å². The van der Waals surface area contributed by atoms with Crippen LogP contribution in [-0.2, 0) is 26.2 Å². The zero-order valence-corrected chi connectivity index (χ0v) is 22.0. The Kier molecular flexibility index (Phi) is 9.94. The molecule has 0 aliphatic heterocycles. The molecule has 0 heterocycles. The summed E-state index contributed by atoms with van der Waals surface area (Å²) < 4.78 is 37.1. The fraction of sp³-hybridized carbons (Fsp3) is 0.440. The van der Waals surface area contributed by atoms with E-state index in [2.05, 4.69) is 5.32 Å². The van der Waals surface area contributed by atoms with Crippen LogP contribution in [0, 0.1) is 0 Å². The maximum Gasteiger partial charge on any atom is 0.244 e. The molecular formula is C25H35N3O6S. The summed E-state index contributed by atoms with van der Waals surface area (Å²) in [5, 5.41) is 2.90. The number of carbonyl (C=O) groups excluding carboxylic acids is 2. The Labute approximate surface area is 208 Å². The molecule has 0 radical (unpaired) electrons. The van der Waals surface area contributed by atoms with Crippen LogP contribution in [0.5, 0.6) is 11.5 Å². The molecule has 9 nitrogen and oxygen atoms in total. The van der Waals surface area contributed by atoms with Gasteiger partial charge in [0, 0.05) is 18.7 Å². The molecule has 2 amide bonds. The van der Waals surface area contributed by atoms with E-state index in [-0.39, 0.29) is 29.9 Å². The van der Waals surface area contributed by atoms with E-state index < -0.39 is 28.5 Å². The highest BCUT2D eigenvalue weighted by Crippen LogP contribution is 2.34. The number of ether oxygens (including phenoxy) is 2. The SMILES string of the molecule is CC[C@@H](C)NC(=O)[C@H](C)N(Cc1ccccc1)C(=O)CN(c1cc(OC)ccc1OC)S(C)(=O)=O. The number of nitrogens with zero attached hydrogens (tertiary/aromatic N) is 2. The van der Waals surface area contributed by atoms with E-state index in [1.165, 1.54) is 25.2 Å². The predicted molar refractivity (Wildman–Crippen MR) is 136 cm³/mol. The number of rotatable bonds is 12. The molecular weight excluding hydrogens is 470 g/mol. The van der Waals surface area contributed by atoms with Gasteiger partial charge in [0.2, 0.25) is 21.8 Å². The zero-order chi connectivity index (χ0) is 26.2. The fourth-order valence-electron chi connectivity index (χ4n) is 3.41. The third-order valence-corrected chi connectivity index (χ3v) is 6.82. The lowest BCUT2D eigenvalue weighted by atomic mass is 10.1. The van der Waals surface area contributed by atoms with Gasteiger partial charge in [-0.2, -0.15) is 0 Å². The molecule has 0 bridgehead atoms. The van der Waals surface area contributed by atoms with Crippen molar-refractivity contribution in [2.24, 2.45) is 0 Å². The molecule has 0 aliphatic rings. The van der Waals surface area contributed by atoms with Crippen LogP contribution in [-0.4, -0.2) is 64.2 Å². The van der Waals surface area contributed by atoms with E-state index in [9.17, 15) is 18.0 Å². The van der Waals surface area contributed by atoms with E-state index in [0.717, 1.165) is 22.5 Å². The average molecular weight is 506 g/mol. The highest BCUT2D eigenvalue weighted by atomic mass is 32.2. The van der Waals surface area contributed by atoms with Gasteiger partial charge in [-0.25, -0.2) is 8.42 Å². The molecule has 0 unspecified atom stereocenters. The molecule has 0 fully saturated rings. The van der Waals surface area contributed by atoms with Crippen LogP contribution in [0.2, 0.25) is 0 Å². The maximum absolute atomic E-state index is 13.6. The molecule has 0 aromatic heterocycles. The summed E-state index contributed by atoms with van der Waals surface area (Å²) in [5.41, 5.74) is 0.980. The number of anilines is 1. The molecule has 0 aliphatic carbocycles. The van der Waals surface area contributed by atoms with Crippen molar-refractivity contribution in [3.05, 3.63) is 54.1 Å². The molecule has 2 atom stereocenters. The number of carbonyl (C=O) groups is 2. The molecule has 10 heteroatoms. The van der Waals surface area contributed by atoms with E-state index in [4.69, 9.17) is 9.47 Å². The molecule has 0 spiro atoms. The lowest BCUT2D eigenvalue weighted by Gasteiger charge is -2.32. The number of amides is 2. The third-order valence-electron chi connectivity index (χ3n) is 5.70. The molecule has 0 saturated heterocycles. The second-order valence-electron chi connectivity index (χ2n) is 8.31. The average Bonchev–Trinajstić information content (AvgIpc) is 2.84. The topological polar surface area (TPSA) is 105 Å². The first kappa shape index (κ1) is 28.0. The summed E-state index contributed by atoms with van der Waals surface area (Å²) in [5.74, 6) is -0.171. The smallest absolute Gasteiger partial charge is 0.244 e. The molecule has 192 valence electrons. The largest absolute Gasteiger partial charge is 0.497 e. The highest BCUT2D eigenvalue weighted by molar-refractivity contribution is 7.92. The number of methoxy groups -OCH3 is 2. The predicted octanol–water partition coefficient (Wildman–Crippen LogP) is 2.80. The van der Waals surface area contributed by atoms with Crippen molar-refractivity contribution >= 4 is 27.5 Å². The zero-order valence-electron chi connectivity index (χ0n) is 21.1.